The molecule has 0 aliphatic rings. The lowest BCUT2D eigenvalue weighted by Crippen LogP contribution is -2.22. The number of aryl methyl sites for hydroxylation is 1. The highest BCUT2D eigenvalue weighted by Crippen LogP contribution is 2.35. The average Bonchev–Trinajstić information content (AvgIpc) is 3.16. The molecule has 5 aromatic rings. The summed E-state index contributed by atoms with van der Waals surface area (Å²) in [6.45, 7) is 2.31. The molecule has 4 aromatic heterocycles. The van der Waals surface area contributed by atoms with Gasteiger partial charge in [0.2, 0.25) is 0 Å². The fraction of sp³-hybridized carbons (Fsp3) is 0.214. The fourth-order valence-corrected chi connectivity index (χ4v) is 4.54. The van der Waals surface area contributed by atoms with E-state index in [4.69, 9.17) is 10.5 Å². The van der Waals surface area contributed by atoms with Crippen LogP contribution in [0, 0.1) is 12.7 Å². The van der Waals surface area contributed by atoms with Gasteiger partial charge in [-0.05, 0) is 50.8 Å². The first-order chi connectivity index (χ1) is 18.2. The van der Waals surface area contributed by atoms with Crippen LogP contribution in [-0.4, -0.2) is 57.6 Å². The molecule has 0 aliphatic carbocycles. The molecule has 0 unspecified atom stereocenters. The molecule has 0 fully saturated rings. The van der Waals surface area contributed by atoms with Crippen molar-refractivity contribution >= 4 is 33.7 Å². The highest BCUT2D eigenvalue weighted by atomic mass is 19.1. The van der Waals surface area contributed by atoms with Crippen LogP contribution in [0.5, 0.6) is 0 Å². The minimum atomic E-state index is -0.646. The number of likely N-dealkylation sites (N-methyl/N-ethyl adjacent to an activating group) is 1. The smallest absolute Gasteiger partial charge is 0.355 e. The van der Waals surface area contributed by atoms with Gasteiger partial charge >= 0.3 is 5.97 Å². The number of nitrogens with one attached hydrogen (secondary N) is 1. The monoisotopic (exact) mass is 514 g/mol. The summed E-state index contributed by atoms with van der Waals surface area (Å²) in [5.41, 5.74) is 8.60. The second-order valence-corrected chi connectivity index (χ2v) is 9.31. The van der Waals surface area contributed by atoms with Gasteiger partial charge in [-0.2, -0.15) is 0 Å². The molecular weight excluding hydrogens is 487 g/mol. The Bertz CT molecular complexity index is 1740. The maximum Gasteiger partial charge on any atom is 0.355 e. The number of rotatable bonds is 7. The average molecular weight is 515 g/mol. The van der Waals surface area contributed by atoms with E-state index in [1.807, 2.05) is 43.3 Å². The van der Waals surface area contributed by atoms with Crippen LogP contribution >= 0.6 is 0 Å². The van der Waals surface area contributed by atoms with E-state index >= 15 is 0 Å². The maximum absolute atomic E-state index is 14.9. The van der Waals surface area contributed by atoms with Crippen molar-refractivity contribution in [2.24, 2.45) is 0 Å². The van der Waals surface area contributed by atoms with Gasteiger partial charge < -0.3 is 24.9 Å². The number of pyridine rings is 3. The quantitative estimate of drug-likeness (QED) is 0.318. The standard InChI is InChI=1S/C28H27FN6O3/c1-16-20(29)14-22-25(32-16)24(19-8-6-10-31-27(19)36)26(28(37)38-12-11-34(2)3)35(22)15-17-13-23(30)33-21-9-5-4-7-18(17)21/h4-10,13-14H,11-12,15H2,1-3H3,(H2,30,33)(H,31,36). The van der Waals surface area contributed by atoms with Crippen molar-refractivity contribution in [1.29, 1.82) is 0 Å². The number of halogens is 1. The summed E-state index contributed by atoms with van der Waals surface area (Å²) < 4.78 is 22.2. The molecule has 3 N–H and O–H groups in total. The van der Waals surface area contributed by atoms with Crippen LogP contribution in [0.25, 0.3) is 33.1 Å². The van der Waals surface area contributed by atoms with Crippen molar-refractivity contribution in [2.45, 2.75) is 13.5 Å². The minimum absolute atomic E-state index is 0.104. The molecule has 10 heteroatoms. The summed E-state index contributed by atoms with van der Waals surface area (Å²) in [7, 11) is 3.74. The number of aromatic nitrogens is 4. The fourth-order valence-electron chi connectivity index (χ4n) is 4.54. The Kier molecular flexibility index (Phi) is 6.64. The molecule has 0 amide bonds. The summed E-state index contributed by atoms with van der Waals surface area (Å²) in [5.74, 6) is -0.867. The third-order valence-corrected chi connectivity index (χ3v) is 6.37. The molecule has 0 spiro atoms. The number of para-hydroxylation sites is 1. The zero-order valence-corrected chi connectivity index (χ0v) is 21.3. The molecule has 5 rings (SSSR count). The molecule has 1 aromatic carbocycles. The Morgan fingerprint density at radius 1 is 1.16 bits per heavy atom. The molecule has 194 valence electrons. The van der Waals surface area contributed by atoms with E-state index in [0.29, 0.717) is 28.9 Å². The van der Waals surface area contributed by atoms with Gasteiger partial charge in [0.1, 0.15) is 23.9 Å². The van der Waals surface area contributed by atoms with Crippen LogP contribution in [0.4, 0.5) is 10.2 Å². The predicted octanol–water partition coefficient (Wildman–Crippen LogP) is 3.74. The van der Waals surface area contributed by atoms with Crippen molar-refractivity contribution in [1.82, 2.24) is 24.4 Å². The molecular formula is C28H27FN6O3. The van der Waals surface area contributed by atoms with Gasteiger partial charge in [-0.1, -0.05) is 18.2 Å². The van der Waals surface area contributed by atoms with Crippen molar-refractivity contribution in [3.05, 3.63) is 87.9 Å². The summed E-state index contributed by atoms with van der Waals surface area (Å²) in [6, 6.07) is 13.8. The molecule has 9 nitrogen and oxygen atoms in total. The first kappa shape index (κ1) is 25.1. The number of H-pyrrole nitrogens is 1. The number of anilines is 1. The van der Waals surface area contributed by atoms with E-state index in [1.165, 1.54) is 19.2 Å². The van der Waals surface area contributed by atoms with Gasteiger partial charge in [0.15, 0.2) is 0 Å². The largest absolute Gasteiger partial charge is 0.460 e. The Balaban J connectivity index is 1.81. The van der Waals surface area contributed by atoms with Gasteiger partial charge in [-0.3, -0.25) is 4.79 Å². The molecule has 0 saturated carbocycles. The van der Waals surface area contributed by atoms with Gasteiger partial charge in [0.25, 0.3) is 5.56 Å². The topological polar surface area (TPSA) is 119 Å². The Labute approximate surface area is 217 Å². The zero-order chi connectivity index (χ0) is 27.0. The number of carbonyl (C=O) groups excluding carboxylic acids is 1. The Hall–Kier alpha value is -4.57. The second kappa shape index (κ2) is 10.1. The first-order valence-electron chi connectivity index (χ1n) is 12.1. The lowest BCUT2D eigenvalue weighted by molar-refractivity contribution is 0.0471. The number of aromatic amines is 1. The minimum Gasteiger partial charge on any atom is -0.460 e. The summed E-state index contributed by atoms with van der Waals surface area (Å²) in [5, 5.41) is 0.829. The Morgan fingerprint density at radius 3 is 2.71 bits per heavy atom. The zero-order valence-electron chi connectivity index (χ0n) is 21.3. The highest BCUT2D eigenvalue weighted by Gasteiger charge is 2.29. The third kappa shape index (κ3) is 4.61. The number of hydrogen-bond acceptors (Lipinski definition) is 7. The van der Waals surface area contributed by atoms with Crippen molar-refractivity contribution in [2.75, 3.05) is 33.0 Å². The van der Waals surface area contributed by atoms with E-state index in [2.05, 4.69) is 15.0 Å². The van der Waals surface area contributed by atoms with Crippen LogP contribution in [0.1, 0.15) is 21.7 Å². The van der Waals surface area contributed by atoms with Gasteiger partial charge in [-0.15, -0.1) is 0 Å². The van der Waals surface area contributed by atoms with Crippen LogP contribution in [0.2, 0.25) is 0 Å². The van der Waals surface area contributed by atoms with Crippen molar-refractivity contribution in [3.63, 3.8) is 0 Å². The molecule has 0 bridgehead atoms. The van der Waals surface area contributed by atoms with Gasteiger partial charge in [0, 0.05) is 36.3 Å². The number of esters is 1. The number of nitrogen functional groups attached to an aromatic ring is 1. The van der Waals surface area contributed by atoms with E-state index in [1.54, 1.807) is 22.8 Å². The van der Waals surface area contributed by atoms with E-state index in [-0.39, 0.29) is 35.7 Å². The van der Waals surface area contributed by atoms with Crippen molar-refractivity contribution in [3.8, 4) is 11.1 Å². The molecule has 0 saturated heterocycles. The van der Waals surface area contributed by atoms with Gasteiger partial charge in [0.05, 0.1) is 27.8 Å². The van der Waals surface area contributed by atoms with E-state index < -0.39 is 17.3 Å². The second-order valence-electron chi connectivity index (χ2n) is 9.31. The van der Waals surface area contributed by atoms with Gasteiger partial charge in [-0.25, -0.2) is 19.2 Å². The lowest BCUT2D eigenvalue weighted by atomic mass is 10.1. The van der Waals surface area contributed by atoms with Crippen LogP contribution < -0.4 is 11.3 Å². The number of nitrogens with two attached hydrogens (primary N) is 1. The van der Waals surface area contributed by atoms with E-state index in [0.717, 1.165) is 10.9 Å². The van der Waals surface area contributed by atoms with Crippen molar-refractivity contribution < 1.29 is 13.9 Å². The summed E-state index contributed by atoms with van der Waals surface area (Å²) >= 11 is 0. The normalized spacial score (nSPS) is 11.5. The molecule has 0 atom stereocenters. The van der Waals surface area contributed by atoms with Crippen LogP contribution in [0.3, 0.4) is 0 Å². The number of ether oxygens (including phenoxy) is 1. The molecule has 38 heavy (non-hydrogen) atoms. The van der Waals surface area contributed by atoms with Crippen LogP contribution in [-0.2, 0) is 11.3 Å². The maximum atomic E-state index is 14.9. The van der Waals surface area contributed by atoms with E-state index in [9.17, 15) is 14.0 Å². The summed E-state index contributed by atoms with van der Waals surface area (Å²) in [6.07, 6.45) is 1.50. The predicted molar refractivity (Wildman–Crippen MR) is 145 cm³/mol. The number of fused-ring (bicyclic) bond motifs is 2. The first-order valence-corrected chi connectivity index (χ1v) is 12.1. The third-order valence-electron chi connectivity index (χ3n) is 6.37. The molecule has 0 radical (unpaired) electrons. The molecule has 0 aliphatic heterocycles. The Morgan fingerprint density at radius 2 is 1.95 bits per heavy atom. The molecule has 4 heterocycles. The number of carbonyl (C=O) groups is 1. The highest BCUT2D eigenvalue weighted by molar-refractivity contribution is 6.07. The van der Waals surface area contributed by atoms with Crippen LogP contribution in [0.15, 0.2) is 59.5 Å². The number of nitrogens with zero attached hydrogens (tertiary/aromatic N) is 4. The lowest BCUT2D eigenvalue weighted by Gasteiger charge is -2.15. The number of hydrogen-bond donors (Lipinski definition) is 2. The number of benzene rings is 1. The SMILES string of the molecule is Cc1nc2c(-c3ccc[nH]c3=O)c(C(=O)OCCN(C)C)n(Cc3cc(N)nc4ccccc34)c2cc1F. The summed E-state index contributed by atoms with van der Waals surface area (Å²) in [4.78, 5) is 40.0.